The van der Waals surface area contributed by atoms with E-state index in [0.717, 1.165) is 72.4 Å². The van der Waals surface area contributed by atoms with Gasteiger partial charge in [-0.1, -0.05) is 103 Å². The summed E-state index contributed by atoms with van der Waals surface area (Å²) in [6.07, 6.45) is 7.48. The number of aromatic nitrogens is 7. The van der Waals surface area contributed by atoms with Crippen molar-refractivity contribution in [2.24, 2.45) is 0 Å². The molecule has 0 amide bonds. The molecule has 0 saturated heterocycles. The molecular formula is C55H35N7. The Labute approximate surface area is 356 Å². The molecule has 0 fully saturated rings. The molecular weight excluding hydrogens is 759 g/mol. The Morgan fingerprint density at radius 3 is 1.21 bits per heavy atom. The van der Waals surface area contributed by atoms with Crippen LogP contribution in [0.5, 0.6) is 0 Å². The summed E-state index contributed by atoms with van der Waals surface area (Å²) in [7, 11) is 0. The predicted molar refractivity (Wildman–Crippen MR) is 251 cm³/mol. The first-order valence-corrected chi connectivity index (χ1v) is 20.6. The molecule has 5 heterocycles. The third-order valence-electron chi connectivity index (χ3n) is 11.8. The summed E-state index contributed by atoms with van der Waals surface area (Å²) < 4.78 is 4.75. The lowest BCUT2D eigenvalue weighted by atomic mass is 10.0. The fourth-order valence-corrected chi connectivity index (χ4v) is 8.80. The number of rotatable bonds is 7. The lowest BCUT2D eigenvalue weighted by Gasteiger charge is -2.12. The minimum Gasteiger partial charge on any atom is -0.309 e. The maximum atomic E-state index is 4.97. The van der Waals surface area contributed by atoms with E-state index < -0.39 is 0 Å². The van der Waals surface area contributed by atoms with Gasteiger partial charge in [-0.05, 0) is 96.1 Å². The molecule has 0 spiro atoms. The van der Waals surface area contributed by atoms with Gasteiger partial charge in [0, 0.05) is 85.5 Å². The maximum absolute atomic E-state index is 4.97. The standard InChI is InChI=1S/C55H35N7/c1-3-11-36(12-4-1)53-58-54(37-13-5-2-6-14-37)60-55(59-53)38-19-23-43(24-20-38)61-49-18-8-7-17-45(49)48-33-44(25-28-52(48)61)62-50-26-21-39(41-15-9-29-56-34-41)31-46(50)47-32-40(22-27-51(47)62)42-16-10-30-57-35-42/h1-35H. The van der Waals surface area contributed by atoms with E-state index in [1.165, 1.54) is 21.5 Å². The minimum atomic E-state index is 0.627. The summed E-state index contributed by atoms with van der Waals surface area (Å²) in [5.74, 6) is 1.91. The summed E-state index contributed by atoms with van der Waals surface area (Å²) in [6, 6.07) is 65.9. The second-order valence-corrected chi connectivity index (χ2v) is 15.4. The molecule has 0 aliphatic carbocycles. The highest BCUT2D eigenvalue weighted by Gasteiger charge is 2.19. The van der Waals surface area contributed by atoms with Crippen molar-refractivity contribution in [2.75, 3.05) is 0 Å². The van der Waals surface area contributed by atoms with Crippen LogP contribution in [0.4, 0.5) is 0 Å². The van der Waals surface area contributed by atoms with E-state index in [0.29, 0.717) is 17.5 Å². The summed E-state index contributed by atoms with van der Waals surface area (Å²) in [6.45, 7) is 0. The number of para-hydroxylation sites is 1. The zero-order valence-corrected chi connectivity index (χ0v) is 33.3. The summed E-state index contributed by atoms with van der Waals surface area (Å²) >= 11 is 0. The Bertz CT molecular complexity index is 3450. The van der Waals surface area contributed by atoms with Crippen LogP contribution in [0.2, 0.25) is 0 Å². The first kappa shape index (κ1) is 35.4. The summed E-state index contributed by atoms with van der Waals surface area (Å²) in [5.41, 5.74) is 13.9. The van der Waals surface area contributed by atoms with E-state index in [-0.39, 0.29) is 0 Å². The highest BCUT2D eigenvalue weighted by Crippen LogP contribution is 2.40. The van der Waals surface area contributed by atoms with Crippen molar-refractivity contribution in [3.63, 3.8) is 0 Å². The molecule has 5 aromatic heterocycles. The fraction of sp³-hybridized carbons (Fsp3) is 0. The largest absolute Gasteiger partial charge is 0.309 e. The predicted octanol–water partition coefficient (Wildman–Crippen LogP) is 13.2. The zero-order valence-electron chi connectivity index (χ0n) is 33.3. The molecule has 0 atom stereocenters. The molecule has 0 unspecified atom stereocenters. The normalized spacial score (nSPS) is 11.5. The molecule has 12 rings (SSSR count). The van der Waals surface area contributed by atoms with Crippen LogP contribution >= 0.6 is 0 Å². The van der Waals surface area contributed by atoms with E-state index in [9.17, 15) is 0 Å². The van der Waals surface area contributed by atoms with E-state index >= 15 is 0 Å². The van der Waals surface area contributed by atoms with Crippen molar-refractivity contribution >= 4 is 43.6 Å². The van der Waals surface area contributed by atoms with Crippen LogP contribution in [0.3, 0.4) is 0 Å². The van der Waals surface area contributed by atoms with Gasteiger partial charge in [-0.15, -0.1) is 0 Å². The van der Waals surface area contributed by atoms with Crippen LogP contribution < -0.4 is 0 Å². The molecule has 290 valence electrons. The van der Waals surface area contributed by atoms with E-state index in [2.05, 4.69) is 134 Å². The van der Waals surface area contributed by atoms with Gasteiger partial charge in [0.15, 0.2) is 17.5 Å². The smallest absolute Gasteiger partial charge is 0.164 e. The van der Waals surface area contributed by atoms with Gasteiger partial charge in [0.05, 0.1) is 22.1 Å². The van der Waals surface area contributed by atoms with Crippen LogP contribution in [0.25, 0.3) is 111 Å². The van der Waals surface area contributed by atoms with E-state index in [1.54, 1.807) is 0 Å². The van der Waals surface area contributed by atoms with E-state index in [1.807, 2.05) is 97.6 Å². The van der Waals surface area contributed by atoms with Gasteiger partial charge in [0.2, 0.25) is 0 Å². The lowest BCUT2D eigenvalue weighted by molar-refractivity contribution is 1.07. The summed E-state index contributed by atoms with van der Waals surface area (Å²) in [4.78, 5) is 23.7. The molecule has 0 bridgehead atoms. The number of benzene rings is 7. The molecule has 0 saturated carbocycles. The SMILES string of the molecule is c1ccc(-c2nc(-c3ccccc3)nc(-c3ccc(-n4c5ccccc5c5cc(-n6c7ccc(-c8cccnc8)cc7c7cc(-c8cccnc8)ccc76)ccc54)cc3)n2)cc1. The number of fused-ring (bicyclic) bond motifs is 6. The average molecular weight is 794 g/mol. The van der Waals surface area contributed by atoms with E-state index in [4.69, 9.17) is 15.0 Å². The molecule has 0 N–H and O–H groups in total. The maximum Gasteiger partial charge on any atom is 0.164 e. The second-order valence-electron chi connectivity index (χ2n) is 15.4. The van der Waals surface area contributed by atoms with Gasteiger partial charge >= 0.3 is 0 Å². The van der Waals surface area contributed by atoms with Crippen LogP contribution in [0.1, 0.15) is 0 Å². The average Bonchev–Trinajstić information content (AvgIpc) is 3.86. The number of hydrogen-bond donors (Lipinski definition) is 0. The monoisotopic (exact) mass is 793 g/mol. The first-order valence-electron chi connectivity index (χ1n) is 20.6. The van der Waals surface area contributed by atoms with Gasteiger partial charge in [-0.25, -0.2) is 15.0 Å². The summed E-state index contributed by atoms with van der Waals surface area (Å²) in [5, 5.41) is 4.72. The van der Waals surface area contributed by atoms with Gasteiger partial charge in [-0.3, -0.25) is 9.97 Å². The Morgan fingerprint density at radius 2 is 0.677 bits per heavy atom. The third-order valence-corrected chi connectivity index (χ3v) is 11.8. The van der Waals surface area contributed by atoms with Gasteiger partial charge in [0.25, 0.3) is 0 Å². The van der Waals surface area contributed by atoms with Gasteiger partial charge < -0.3 is 9.13 Å². The fourth-order valence-electron chi connectivity index (χ4n) is 8.80. The lowest BCUT2D eigenvalue weighted by Crippen LogP contribution is -2.00. The molecule has 7 aromatic carbocycles. The second kappa shape index (κ2) is 14.6. The number of pyridine rings is 2. The third kappa shape index (κ3) is 6.02. The molecule has 12 aromatic rings. The molecule has 0 radical (unpaired) electrons. The van der Waals surface area contributed by atoms with Crippen molar-refractivity contribution in [3.05, 3.63) is 213 Å². The Morgan fingerprint density at radius 1 is 0.274 bits per heavy atom. The van der Waals surface area contributed by atoms with Crippen molar-refractivity contribution in [2.45, 2.75) is 0 Å². The highest BCUT2D eigenvalue weighted by atomic mass is 15.0. The topological polar surface area (TPSA) is 74.3 Å². The molecule has 7 nitrogen and oxygen atoms in total. The molecule has 7 heteroatoms. The van der Waals surface area contributed by atoms with Crippen molar-refractivity contribution in [3.8, 4) is 67.8 Å². The quantitative estimate of drug-likeness (QED) is 0.161. The van der Waals surface area contributed by atoms with Crippen LogP contribution in [-0.4, -0.2) is 34.1 Å². The number of nitrogens with zero attached hydrogens (tertiary/aromatic N) is 7. The molecule has 62 heavy (non-hydrogen) atoms. The Kier molecular flexibility index (Phi) is 8.35. The molecule has 0 aliphatic heterocycles. The highest BCUT2D eigenvalue weighted by molar-refractivity contribution is 6.13. The van der Waals surface area contributed by atoms with Crippen LogP contribution in [0, 0.1) is 0 Å². The minimum absolute atomic E-state index is 0.627. The van der Waals surface area contributed by atoms with Crippen LogP contribution in [0.15, 0.2) is 213 Å². The first-order chi connectivity index (χ1) is 30.7. The Hall–Kier alpha value is -8.55. The van der Waals surface area contributed by atoms with Gasteiger partial charge in [-0.2, -0.15) is 0 Å². The molecule has 0 aliphatic rings. The number of hydrogen-bond acceptors (Lipinski definition) is 5. The Balaban J connectivity index is 0.991. The van der Waals surface area contributed by atoms with Crippen molar-refractivity contribution in [1.82, 2.24) is 34.1 Å². The van der Waals surface area contributed by atoms with Crippen molar-refractivity contribution < 1.29 is 0 Å². The van der Waals surface area contributed by atoms with Gasteiger partial charge in [0.1, 0.15) is 0 Å². The van der Waals surface area contributed by atoms with Crippen molar-refractivity contribution in [1.29, 1.82) is 0 Å². The van der Waals surface area contributed by atoms with Crippen LogP contribution in [-0.2, 0) is 0 Å². The zero-order chi connectivity index (χ0) is 41.0.